The lowest BCUT2D eigenvalue weighted by molar-refractivity contribution is 0.101. The van der Waals surface area contributed by atoms with Gasteiger partial charge >= 0.3 is 0 Å². The van der Waals surface area contributed by atoms with Gasteiger partial charge in [-0.2, -0.15) is 0 Å². The van der Waals surface area contributed by atoms with Crippen LogP contribution in [0.2, 0.25) is 5.02 Å². The molecule has 0 bridgehead atoms. The molecular formula is C15H18ClN3O2. The number of hydrogen-bond acceptors (Lipinski definition) is 3. The highest BCUT2D eigenvalue weighted by Crippen LogP contribution is 2.27. The van der Waals surface area contributed by atoms with Crippen LogP contribution in [0.5, 0.6) is 5.75 Å². The quantitative estimate of drug-likeness (QED) is 0.889. The smallest absolute Gasteiger partial charge is 0.272 e. The van der Waals surface area contributed by atoms with Crippen molar-refractivity contribution in [2.45, 2.75) is 19.9 Å². The number of anilines is 2. The first-order chi connectivity index (χ1) is 10.0. The predicted molar refractivity (Wildman–Crippen MR) is 85.1 cm³/mol. The number of nitrogen functional groups attached to an aromatic ring is 1. The van der Waals surface area contributed by atoms with Gasteiger partial charge in [-0.25, -0.2) is 0 Å². The van der Waals surface area contributed by atoms with Gasteiger partial charge in [0, 0.05) is 24.5 Å². The monoisotopic (exact) mass is 307 g/mol. The van der Waals surface area contributed by atoms with E-state index in [1.54, 1.807) is 30.5 Å². The maximum atomic E-state index is 12.3. The molecule has 0 aliphatic carbocycles. The molecule has 1 amide bonds. The van der Waals surface area contributed by atoms with Crippen LogP contribution < -0.4 is 15.8 Å². The van der Waals surface area contributed by atoms with E-state index < -0.39 is 0 Å². The Balaban J connectivity index is 2.21. The highest BCUT2D eigenvalue weighted by molar-refractivity contribution is 6.32. The Kier molecular flexibility index (Phi) is 4.75. The van der Waals surface area contributed by atoms with Crippen LogP contribution in [-0.4, -0.2) is 17.6 Å². The van der Waals surface area contributed by atoms with Crippen LogP contribution in [0.15, 0.2) is 30.5 Å². The number of aromatic nitrogens is 1. The fourth-order valence-corrected chi connectivity index (χ4v) is 2.28. The van der Waals surface area contributed by atoms with E-state index in [9.17, 15) is 4.79 Å². The van der Waals surface area contributed by atoms with Gasteiger partial charge in [-0.1, -0.05) is 18.5 Å². The summed E-state index contributed by atoms with van der Waals surface area (Å²) in [5, 5.41) is 3.31. The van der Waals surface area contributed by atoms with E-state index in [-0.39, 0.29) is 5.91 Å². The van der Waals surface area contributed by atoms with Gasteiger partial charge in [-0.3, -0.25) is 4.79 Å². The number of ether oxygens (including phenoxy) is 1. The molecule has 0 spiro atoms. The van der Waals surface area contributed by atoms with Crippen molar-refractivity contribution >= 4 is 28.9 Å². The molecule has 112 valence electrons. The summed E-state index contributed by atoms with van der Waals surface area (Å²) in [4.78, 5) is 12.3. The SMILES string of the molecule is CCCn1cc(N)cc1C(=O)Nc1ccc(Cl)c(OC)c1. The average molecular weight is 308 g/mol. The molecule has 0 aliphatic heterocycles. The maximum absolute atomic E-state index is 12.3. The number of amides is 1. The lowest BCUT2D eigenvalue weighted by atomic mass is 10.3. The summed E-state index contributed by atoms with van der Waals surface area (Å²) in [6, 6.07) is 6.74. The summed E-state index contributed by atoms with van der Waals surface area (Å²) < 4.78 is 6.98. The second-order valence-corrected chi connectivity index (χ2v) is 5.06. The third-order valence-electron chi connectivity index (χ3n) is 3.02. The van der Waals surface area contributed by atoms with Crippen LogP contribution in [0.3, 0.4) is 0 Å². The summed E-state index contributed by atoms with van der Waals surface area (Å²) in [6.45, 7) is 2.78. The Morgan fingerprint density at radius 1 is 1.43 bits per heavy atom. The molecule has 1 aromatic heterocycles. The fourth-order valence-electron chi connectivity index (χ4n) is 2.08. The normalized spacial score (nSPS) is 10.4. The van der Waals surface area contributed by atoms with Crippen molar-refractivity contribution in [3.8, 4) is 5.75 Å². The van der Waals surface area contributed by atoms with E-state index in [0.29, 0.717) is 27.8 Å². The number of carbonyl (C=O) groups is 1. The summed E-state index contributed by atoms with van der Waals surface area (Å²) in [6.07, 6.45) is 2.68. The van der Waals surface area contributed by atoms with E-state index in [1.165, 1.54) is 7.11 Å². The lowest BCUT2D eigenvalue weighted by Crippen LogP contribution is -2.16. The van der Waals surface area contributed by atoms with E-state index >= 15 is 0 Å². The number of nitrogens with zero attached hydrogens (tertiary/aromatic N) is 1. The Morgan fingerprint density at radius 2 is 2.19 bits per heavy atom. The second-order valence-electron chi connectivity index (χ2n) is 4.66. The van der Waals surface area contributed by atoms with Crippen molar-refractivity contribution in [3.05, 3.63) is 41.2 Å². The highest BCUT2D eigenvalue weighted by Gasteiger charge is 2.13. The van der Waals surface area contributed by atoms with Gasteiger partial charge in [0.1, 0.15) is 11.4 Å². The number of rotatable bonds is 5. The number of nitrogens with one attached hydrogen (secondary N) is 1. The maximum Gasteiger partial charge on any atom is 0.272 e. The third kappa shape index (κ3) is 3.49. The molecule has 1 heterocycles. The zero-order chi connectivity index (χ0) is 15.4. The molecular weight excluding hydrogens is 290 g/mol. The lowest BCUT2D eigenvalue weighted by Gasteiger charge is -2.10. The van der Waals surface area contributed by atoms with Crippen molar-refractivity contribution in [1.29, 1.82) is 0 Å². The summed E-state index contributed by atoms with van der Waals surface area (Å²) in [7, 11) is 1.53. The fraction of sp³-hybridized carbons (Fsp3) is 0.267. The Bertz CT molecular complexity index is 652. The van der Waals surface area contributed by atoms with Crippen molar-refractivity contribution in [2.24, 2.45) is 0 Å². The number of methoxy groups -OCH3 is 1. The zero-order valence-electron chi connectivity index (χ0n) is 12.0. The van der Waals surface area contributed by atoms with Gasteiger partial charge in [0.15, 0.2) is 0 Å². The van der Waals surface area contributed by atoms with Crippen LogP contribution >= 0.6 is 11.6 Å². The molecule has 0 saturated carbocycles. The summed E-state index contributed by atoms with van der Waals surface area (Å²) >= 11 is 5.96. The number of nitrogens with two attached hydrogens (primary N) is 1. The zero-order valence-corrected chi connectivity index (χ0v) is 12.8. The van der Waals surface area contributed by atoms with E-state index in [2.05, 4.69) is 5.32 Å². The molecule has 6 heteroatoms. The van der Waals surface area contributed by atoms with Gasteiger partial charge < -0.3 is 20.4 Å². The first-order valence-electron chi connectivity index (χ1n) is 6.65. The largest absolute Gasteiger partial charge is 0.495 e. The topological polar surface area (TPSA) is 69.3 Å². The number of halogens is 1. The molecule has 5 nitrogen and oxygen atoms in total. The van der Waals surface area contributed by atoms with Gasteiger partial charge in [-0.05, 0) is 24.6 Å². The summed E-state index contributed by atoms with van der Waals surface area (Å²) in [5.74, 6) is 0.294. The minimum absolute atomic E-state index is 0.218. The molecule has 21 heavy (non-hydrogen) atoms. The van der Waals surface area contributed by atoms with Crippen LogP contribution in [0, 0.1) is 0 Å². The molecule has 2 rings (SSSR count). The van der Waals surface area contributed by atoms with Gasteiger partial charge in [0.05, 0.1) is 17.8 Å². The van der Waals surface area contributed by atoms with Crippen LogP contribution in [0.1, 0.15) is 23.8 Å². The minimum Gasteiger partial charge on any atom is -0.495 e. The van der Waals surface area contributed by atoms with Crippen LogP contribution in [0.4, 0.5) is 11.4 Å². The predicted octanol–water partition coefficient (Wildman–Crippen LogP) is 3.39. The minimum atomic E-state index is -0.218. The Labute approximate surface area is 128 Å². The van der Waals surface area contributed by atoms with Crippen LogP contribution in [0.25, 0.3) is 0 Å². The summed E-state index contributed by atoms with van der Waals surface area (Å²) in [5.41, 5.74) is 7.49. The molecule has 0 atom stereocenters. The molecule has 0 aliphatic rings. The second kappa shape index (κ2) is 6.54. The van der Waals surface area contributed by atoms with Gasteiger partial charge in [0.25, 0.3) is 5.91 Å². The van der Waals surface area contributed by atoms with E-state index in [0.717, 1.165) is 13.0 Å². The number of carbonyl (C=O) groups excluding carboxylic acids is 1. The molecule has 3 N–H and O–H groups in total. The highest BCUT2D eigenvalue weighted by atomic mass is 35.5. The average Bonchev–Trinajstić information content (AvgIpc) is 2.82. The van der Waals surface area contributed by atoms with Crippen molar-refractivity contribution < 1.29 is 9.53 Å². The molecule has 0 unspecified atom stereocenters. The molecule has 0 radical (unpaired) electrons. The Morgan fingerprint density at radius 3 is 2.86 bits per heavy atom. The number of aryl methyl sites for hydroxylation is 1. The van der Waals surface area contributed by atoms with E-state index in [4.69, 9.17) is 22.1 Å². The van der Waals surface area contributed by atoms with Gasteiger partial charge in [0.2, 0.25) is 0 Å². The van der Waals surface area contributed by atoms with Gasteiger partial charge in [-0.15, -0.1) is 0 Å². The Hall–Kier alpha value is -2.14. The van der Waals surface area contributed by atoms with Crippen molar-refractivity contribution in [1.82, 2.24) is 4.57 Å². The number of benzene rings is 1. The first kappa shape index (κ1) is 15.3. The molecule has 2 aromatic rings. The molecule has 1 aromatic carbocycles. The standard InChI is InChI=1S/C15H18ClN3O2/c1-3-6-19-9-10(17)7-13(19)15(20)18-11-4-5-12(16)14(8-11)21-2/h4-5,7-9H,3,6,17H2,1-2H3,(H,18,20). The molecule has 0 saturated heterocycles. The van der Waals surface area contributed by atoms with Crippen LogP contribution in [-0.2, 0) is 6.54 Å². The first-order valence-corrected chi connectivity index (χ1v) is 7.03. The molecule has 0 fully saturated rings. The van der Waals surface area contributed by atoms with Crippen molar-refractivity contribution in [2.75, 3.05) is 18.2 Å². The van der Waals surface area contributed by atoms with Crippen molar-refractivity contribution in [3.63, 3.8) is 0 Å². The number of hydrogen-bond donors (Lipinski definition) is 2. The van der Waals surface area contributed by atoms with E-state index in [1.807, 2.05) is 11.5 Å². The third-order valence-corrected chi connectivity index (χ3v) is 3.34.